The van der Waals surface area contributed by atoms with Gasteiger partial charge >= 0.3 is 0 Å². The summed E-state index contributed by atoms with van der Waals surface area (Å²) in [6, 6.07) is 10.2. The Kier molecular flexibility index (Phi) is 4.83. The van der Waals surface area contributed by atoms with Crippen LogP contribution in [0.4, 0.5) is 5.82 Å². The number of aryl methyl sites for hydroxylation is 2. The first-order chi connectivity index (χ1) is 12.1. The van der Waals surface area contributed by atoms with E-state index >= 15 is 0 Å². The number of carbonyl (C=O) groups excluding carboxylic acids is 1. The summed E-state index contributed by atoms with van der Waals surface area (Å²) in [5.41, 5.74) is 2.92. The summed E-state index contributed by atoms with van der Waals surface area (Å²) in [7, 11) is 3.43. The zero-order valence-electron chi connectivity index (χ0n) is 14.5. The van der Waals surface area contributed by atoms with Crippen molar-refractivity contribution in [2.24, 2.45) is 7.05 Å². The molecule has 2 heterocycles. The minimum atomic E-state index is -0.229. The summed E-state index contributed by atoms with van der Waals surface area (Å²) in [5.74, 6) is 1.05. The van der Waals surface area contributed by atoms with Gasteiger partial charge in [0.1, 0.15) is 22.8 Å². The SMILES string of the molecule is CNC(=O)c1c(-c2cnn(C)c2NCCc2ccccc2)noc1C. The van der Waals surface area contributed by atoms with Crippen molar-refractivity contribution in [3.8, 4) is 11.3 Å². The van der Waals surface area contributed by atoms with Gasteiger partial charge in [-0.1, -0.05) is 35.5 Å². The van der Waals surface area contributed by atoms with E-state index in [2.05, 4.69) is 33.0 Å². The highest BCUT2D eigenvalue weighted by atomic mass is 16.5. The van der Waals surface area contributed by atoms with Gasteiger partial charge in [0.25, 0.3) is 5.91 Å². The van der Waals surface area contributed by atoms with Crippen LogP contribution in [0.2, 0.25) is 0 Å². The summed E-state index contributed by atoms with van der Waals surface area (Å²) in [6.07, 6.45) is 2.57. The molecule has 1 amide bonds. The van der Waals surface area contributed by atoms with E-state index in [1.807, 2.05) is 25.2 Å². The van der Waals surface area contributed by atoms with Crippen LogP contribution >= 0.6 is 0 Å². The standard InChI is InChI=1S/C18H21N5O2/c1-12-15(18(24)19-2)16(22-25-12)14-11-21-23(3)17(14)20-10-9-13-7-5-4-6-8-13/h4-8,11,20H,9-10H2,1-3H3,(H,19,24). The number of benzene rings is 1. The summed E-state index contributed by atoms with van der Waals surface area (Å²) in [5, 5.41) is 14.4. The molecule has 2 N–H and O–H groups in total. The van der Waals surface area contributed by atoms with Crippen molar-refractivity contribution in [1.82, 2.24) is 20.3 Å². The van der Waals surface area contributed by atoms with Crippen molar-refractivity contribution in [2.45, 2.75) is 13.3 Å². The highest BCUT2D eigenvalue weighted by molar-refractivity contribution is 6.01. The topological polar surface area (TPSA) is 85.0 Å². The monoisotopic (exact) mass is 339 g/mol. The highest BCUT2D eigenvalue weighted by Gasteiger charge is 2.24. The van der Waals surface area contributed by atoms with Crippen LogP contribution in [0.1, 0.15) is 21.7 Å². The molecule has 0 aliphatic carbocycles. The first-order valence-electron chi connectivity index (χ1n) is 8.10. The molecule has 0 saturated carbocycles. The molecule has 0 radical (unpaired) electrons. The van der Waals surface area contributed by atoms with E-state index in [-0.39, 0.29) is 5.91 Å². The Balaban J connectivity index is 1.84. The minimum absolute atomic E-state index is 0.229. The van der Waals surface area contributed by atoms with Gasteiger partial charge in [0.15, 0.2) is 0 Å². The molecule has 1 aromatic carbocycles. The van der Waals surface area contributed by atoms with Gasteiger partial charge in [-0.15, -0.1) is 0 Å². The molecule has 0 fully saturated rings. The molecule has 7 heteroatoms. The van der Waals surface area contributed by atoms with E-state index in [9.17, 15) is 4.79 Å². The summed E-state index contributed by atoms with van der Waals surface area (Å²) >= 11 is 0. The van der Waals surface area contributed by atoms with Gasteiger partial charge < -0.3 is 15.2 Å². The molecule has 25 heavy (non-hydrogen) atoms. The molecule has 0 spiro atoms. The van der Waals surface area contributed by atoms with Gasteiger partial charge in [-0.3, -0.25) is 9.48 Å². The molecule has 0 atom stereocenters. The van der Waals surface area contributed by atoms with Crippen molar-refractivity contribution >= 4 is 11.7 Å². The minimum Gasteiger partial charge on any atom is -0.369 e. The van der Waals surface area contributed by atoms with Gasteiger partial charge in [-0.2, -0.15) is 5.10 Å². The fourth-order valence-corrected chi connectivity index (χ4v) is 2.74. The first-order valence-corrected chi connectivity index (χ1v) is 8.10. The lowest BCUT2D eigenvalue weighted by atomic mass is 10.1. The highest BCUT2D eigenvalue weighted by Crippen LogP contribution is 2.31. The quantitative estimate of drug-likeness (QED) is 0.720. The number of nitrogens with zero attached hydrogens (tertiary/aromatic N) is 3. The first kappa shape index (κ1) is 16.8. The molecule has 0 aliphatic heterocycles. The van der Waals surface area contributed by atoms with Crippen molar-refractivity contribution in [3.63, 3.8) is 0 Å². The Bertz CT molecular complexity index is 867. The van der Waals surface area contributed by atoms with Gasteiger partial charge in [0.2, 0.25) is 0 Å². The number of rotatable bonds is 6. The Labute approximate surface area is 146 Å². The average molecular weight is 339 g/mol. The number of amides is 1. The molecular formula is C18H21N5O2. The third kappa shape index (κ3) is 3.40. The molecule has 3 rings (SSSR count). The summed E-state index contributed by atoms with van der Waals surface area (Å²) in [4.78, 5) is 12.1. The maximum atomic E-state index is 12.1. The second-order valence-electron chi connectivity index (χ2n) is 5.73. The van der Waals surface area contributed by atoms with Crippen molar-refractivity contribution < 1.29 is 9.32 Å². The third-order valence-electron chi connectivity index (χ3n) is 4.06. The molecule has 0 aliphatic rings. The molecule has 0 bridgehead atoms. The lowest BCUT2D eigenvalue weighted by molar-refractivity contribution is 0.0962. The zero-order chi connectivity index (χ0) is 17.8. The van der Waals surface area contributed by atoms with Crippen LogP contribution < -0.4 is 10.6 Å². The number of anilines is 1. The van der Waals surface area contributed by atoms with Crippen LogP contribution in [0, 0.1) is 6.92 Å². The molecule has 0 saturated heterocycles. The van der Waals surface area contributed by atoms with Crippen molar-refractivity contribution in [3.05, 3.63) is 53.4 Å². The number of hydrogen-bond acceptors (Lipinski definition) is 5. The maximum Gasteiger partial charge on any atom is 0.256 e. The second-order valence-corrected chi connectivity index (χ2v) is 5.73. The molecule has 7 nitrogen and oxygen atoms in total. The summed E-state index contributed by atoms with van der Waals surface area (Å²) < 4.78 is 6.97. The Morgan fingerprint density at radius 2 is 2.04 bits per heavy atom. The van der Waals surface area contributed by atoms with E-state index in [4.69, 9.17) is 4.52 Å². The van der Waals surface area contributed by atoms with E-state index < -0.39 is 0 Å². The van der Waals surface area contributed by atoms with Gasteiger partial charge in [0, 0.05) is 20.6 Å². The normalized spacial score (nSPS) is 10.7. The maximum absolute atomic E-state index is 12.1. The fraction of sp³-hybridized carbons (Fsp3) is 0.278. The van der Waals surface area contributed by atoms with Crippen molar-refractivity contribution in [1.29, 1.82) is 0 Å². The number of nitrogens with one attached hydrogen (secondary N) is 2. The molecule has 2 aromatic heterocycles. The van der Waals surface area contributed by atoms with Crippen LogP contribution in [-0.2, 0) is 13.5 Å². The largest absolute Gasteiger partial charge is 0.369 e. The summed E-state index contributed by atoms with van der Waals surface area (Å²) in [6.45, 7) is 2.46. The van der Waals surface area contributed by atoms with E-state index in [1.165, 1.54) is 5.56 Å². The predicted octanol–water partition coefficient (Wildman–Crippen LogP) is 2.40. The van der Waals surface area contributed by atoms with E-state index in [0.717, 1.165) is 24.3 Å². The zero-order valence-corrected chi connectivity index (χ0v) is 14.5. The molecule has 3 aromatic rings. The lowest BCUT2D eigenvalue weighted by Gasteiger charge is -2.09. The van der Waals surface area contributed by atoms with Crippen LogP contribution in [0.15, 0.2) is 41.1 Å². The number of hydrogen-bond donors (Lipinski definition) is 2. The Hall–Kier alpha value is -3.09. The third-order valence-corrected chi connectivity index (χ3v) is 4.06. The number of aromatic nitrogens is 3. The molecule has 130 valence electrons. The van der Waals surface area contributed by atoms with Crippen LogP contribution in [0.25, 0.3) is 11.3 Å². The van der Waals surface area contributed by atoms with Crippen molar-refractivity contribution in [2.75, 3.05) is 18.9 Å². The average Bonchev–Trinajstić information content (AvgIpc) is 3.18. The second kappa shape index (κ2) is 7.21. The smallest absolute Gasteiger partial charge is 0.256 e. The molecule has 0 unspecified atom stereocenters. The predicted molar refractivity (Wildman–Crippen MR) is 95.5 cm³/mol. The van der Waals surface area contributed by atoms with Gasteiger partial charge in [-0.25, -0.2) is 0 Å². The van der Waals surface area contributed by atoms with Crippen LogP contribution in [-0.4, -0.2) is 34.4 Å². The number of carbonyl (C=O) groups is 1. The lowest BCUT2D eigenvalue weighted by Crippen LogP contribution is -2.19. The van der Waals surface area contributed by atoms with E-state index in [0.29, 0.717) is 17.0 Å². The van der Waals surface area contributed by atoms with Gasteiger partial charge in [-0.05, 0) is 18.9 Å². The van der Waals surface area contributed by atoms with Crippen LogP contribution in [0.3, 0.4) is 0 Å². The van der Waals surface area contributed by atoms with Gasteiger partial charge in [0.05, 0.1) is 11.8 Å². The molecular weight excluding hydrogens is 318 g/mol. The van der Waals surface area contributed by atoms with E-state index in [1.54, 1.807) is 24.9 Å². The Morgan fingerprint density at radius 3 is 2.76 bits per heavy atom. The Morgan fingerprint density at radius 1 is 1.28 bits per heavy atom. The van der Waals surface area contributed by atoms with Crippen LogP contribution in [0.5, 0.6) is 0 Å². The fourth-order valence-electron chi connectivity index (χ4n) is 2.74.